The van der Waals surface area contributed by atoms with E-state index in [1.807, 2.05) is 19.1 Å². The van der Waals surface area contributed by atoms with E-state index in [-0.39, 0.29) is 6.04 Å². The van der Waals surface area contributed by atoms with Crippen molar-refractivity contribution in [3.63, 3.8) is 0 Å². The van der Waals surface area contributed by atoms with Crippen LogP contribution in [-0.4, -0.2) is 11.4 Å². The molecule has 1 N–H and O–H groups in total. The van der Waals surface area contributed by atoms with Gasteiger partial charge in [0.2, 0.25) is 6.41 Å². The lowest BCUT2D eigenvalue weighted by Crippen LogP contribution is -2.18. The Morgan fingerprint density at radius 3 is 2.92 bits per heavy atom. The number of carbonyl (C=O) groups is 1. The molecule has 0 aliphatic carbocycles. The third-order valence-electron chi connectivity index (χ3n) is 1.83. The minimum absolute atomic E-state index is 0.0677. The number of hydrogen-bond donors (Lipinski definition) is 1. The van der Waals surface area contributed by atoms with Gasteiger partial charge in [0.15, 0.2) is 0 Å². The van der Waals surface area contributed by atoms with Crippen LogP contribution in [0.5, 0.6) is 0 Å². The van der Waals surface area contributed by atoms with Gasteiger partial charge >= 0.3 is 0 Å². The van der Waals surface area contributed by atoms with Crippen LogP contribution in [0.15, 0.2) is 22.9 Å². The van der Waals surface area contributed by atoms with Crippen molar-refractivity contribution in [2.24, 2.45) is 0 Å². The van der Waals surface area contributed by atoms with Crippen molar-refractivity contribution in [3.05, 3.63) is 28.5 Å². The van der Waals surface area contributed by atoms with Gasteiger partial charge in [0.25, 0.3) is 0 Å². The minimum Gasteiger partial charge on any atom is -0.352 e. The predicted octanol–water partition coefficient (Wildman–Crippen LogP) is 2.04. The molecule has 4 heteroatoms. The molecule has 1 aromatic heterocycles. The van der Waals surface area contributed by atoms with Crippen LogP contribution in [0, 0.1) is 0 Å². The second kappa shape index (κ2) is 4.97. The Hall–Kier alpha value is -0.900. The summed E-state index contributed by atoms with van der Waals surface area (Å²) >= 11 is 3.25. The fourth-order valence-corrected chi connectivity index (χ4v) is 1.36. The average molecular weight is 243 g/mol. The molecule has 70 valence electrons. The Balaban J connectivity index is 2.78. The number of nitrogens with one attached hydrogen (secondary N) is 1. The summed E-state index contributed by atoms with van der Waals surface area (Å²) in [6.45, 7) is 2.02. The number of nitrogens with zero attached hydrogens (tertiary/aromatic N) is 1. The van der Waals surface area contributed by atoms with E-state index in [4.69, 9.17) is 0 Å². The largest absolute Gasteiger partial charge is 0.352 e. The van der Waals surface area contributed by atoms with Crippen molar-refractivity contribution in [1.82, 2.24) is 10.3 Å². The first-order valence-electron chi connectivity index (χ1n) is 4.09. The summed E-state index contributed by atoms with van der Waals surface area (Å²) in [5.41, 5.74) is 1.03. The molecule has 3 nitrogen and oxygen atoms in total. The van der Waals surface area contributed by atoms with E-state index in [0.29, 0.717) is 0 Å². The lowest BCUT2D eigenvalue weighted by atomic mass is 10.1. The van der Waals surface area contributed by atoms with Crippen molar-refractivity contribution in [3.8, 4) is 0 Å². The predicted molar refractivity (Wildman–Crippen MR) is 54.2 cm³/mol. The average Bonchev–Trinajstić information content (AvgIpc) is 2.16. The van der Waals surface area contributed by atoms with E-state index in [2.05, 4.69) is 26.2 Å². The molecule has 1 rings (SSSR count). The van der Waals surface area contributed by atoms with Gasteiger partial charge < -0.3 is 5.32 Å². The topological polar surface area (TPSA) is 42.0 Å². The van der Waals surface area contributed by atoms with E-state index in [9.17, 15) is 4.79 Å². The second-order valence-electron chi connectivity index (χ2n) is 2.66. The zero-order valence-corrected chi connectivity index (χ0v) is 8.91. The number of amides is 1. The van der Waals surface area contributed by atoms with Crippen molar-refractivity contribution in [1.29, 1.82) is 0 Å². The molecule has 13 heavy (non-hydrogen) atoms. The fraction of sp³-hybridized carbons (Fsp3) is 0.333. The van der Waals surface area contributed by atoms with E-state index in [1.54, 1.807) is 6.20 Å². The van der Waals surface area contributed by atoms with Crippen LogP contribution in [0.2, 0.25) is 0 Å². The van der Waals surface area contributed by atoms with Crippen molar-refractivity contribution < 1.29 is 4.79 Å². The van der Waals surface area contributed by atoms with Crippen LogP contribution < -0.4 is 5.32 Å². The maximum absolute atomic E-state index is 10.3. The number of pyridine rings is 1. The monoisotopic (exact) mass is 242 g/mol. The van der Waals surface area contributed by atoms with Crippen LogP contribution in [0.4, 0.5) is 0 Å². The van der Waals surface area contributed by atoms with Crippen LogP contribution in [-0.2, 0) is 4.79 Å². The molecule has 0 fully saturated rings. The Morgan fingerprint density at radius 2 is 2.46 bits per heavy atom. The van der Waals surface area contributed by atoms with E-state index < -0.39 is 0 Å². The first kappa shape index (κ1) is 10.2. The minimum atomic E-state index is 0.0677. The lowest BCUT2D eigenvalue weighted by molar-refractivity contribution is -0.110. The van der Waals surface area contributed by atoms with Gasteiger partial charge in [-0.25, -0.2) is 4.98 Å². The molecule has 1 heterocycles. The van der Waals surface area contributed by atoms with Gasteiger partial charge in [0.1, 0.15) is 4.60 Å². The van der Waals surface area contributed by atoms with Gasteiger partial charge in [-0.2, -0.15) is 0 Å². The van der Waals surface area contributed by atoms with Crippen molar-refractivity contribution in [2.75, 3.05) is 0 Å². The zero-order chi connectivity index (χ0) is 9.68. The number of hydrogen-bond acceptors (Lipinski definition) is 2. The Labute approximate surface area is 85.7 Å². The van der Waals surface area contributed by atoms with E-state index in [1.165, 1.54) is 0 Å². The Bertz CT molecular complexity index is 273. The van der Waals surface area contributed by atoms with Crippen molar-refractivity contribution >= 4 is 22.3 Å². The van der Waals surface area contributed by atoms with Crippen LogP contribution in [0.25, 0.3) is 0 Å². The van der Waals surface area contributed by atoms with Crippen LogP contribution in [0.1, 0.15) is 24.9 Å². The number of halogens is 1. The summed E-state index contributed by atoms with van der Waals surface area (Å²) in [6, 6.07) is 3.88. The highest BCUT2D eigenvalue weighted by Crippen LogP contribution is 2.16. The summed E-state index contributed by atoms with van der Waals surface area (Å²) in [5, 5.41) is 2.73. The van der Waals surface area contributed by atoms with Gasteiger partial charge in [-0.05, 0) is 34.0 Å². The highest BCUT2D eigenvalue weighted by Gasteiger charge is 2.06. The molecule has 1 aromatic rings. The van der Waals surface area contributed by atoms with E-state index in [0.717, 1.165) is 23.0 Å². The maximum atomic E-state index is 10.3. The smallest absolute Gasteiger partial charge is 0.207 e. The van der Waals surface area contributed by atoms with Gasteiger partial charge in [-0.1, -0.05) is 13.0 Å². The Morgan fingerprint density at radius 1 is 1.69 bits per heavy atom. The molecule has 0 saturated heterocycles. The number of carbonyl (C=O) groups excluding carboxylic acids is 1. The molecule has 1 amide bonds. The first-order valence-corrected chi connectivity index (χ1v) is 4.88. The molecule has 1 atom stereocenters. The van der Waals surface area contributed by atoms with Gasteiger partial charge in [0.05, 0.1) is 6.04 Å². The molecule has 0 radical (unpaired) electrons. The molecule has 0 saturated carbocycles. The maximum Gasteiger partial charge on any atom is 0.207 e. The molecule has 0 bridgehead atoms. The SMILES string of the molecule is CC[C@@H](NC=O)c1ccc(Br)nc1. The van der Waals surface area contributed by atoms with Crippen molar-refractivity contribution in [2.45, 2.75) is 19.4 Å². The van der Waals surface area contributed by atoms with Gasteiger partial charge in [-0.15, -0.1) is 0 Å². The fourth-order valence-electron chi connectivity index (χ4n) is 1.13. The lowest BCUT2D eigenvalue weighted by Gasteiger charge is -2.13. The third kappa shape index (κ3) is 2.81. The molecule has 0 unspecified atom stereocenters. The quantitative estimate of drug-likeness (QED) is 0.649. The molecule has 0 aromatic carbocycles. The second-order valence-corrected chi connectivity index (χ2v) is 3.47. The summed E-state index contributed by atoms with van der Waals surface area (Å²) in [6.07, 6.45) is 3.34. The molecule has 0 aliphatic rings. The highest BCUT2D eigenvalue weighted by molar-refractivity contribution is 9.10. The summed E-state index contributed by atoms with van der Waals surface area (Å²) in [5.74, 6) is 0. The van der Waals surface area contributed by atoms with Crippen LogP contribution >= 0.6 is 15.9 Å². The Kier molecular flexibility index (Phi) is 3.89. The zero-order valence-electron chi connectivity index (χ0n) is 7.33. The van der Waals surface area contributed by atoms with E-state index >= 15 is 0 Å². The summed E-state index contributed by atoms with van der Waals surface area (Å²) in [7, 11) is 0. The molecule has 0 spiro atoms. The summed E-state index contributed by atoms with van der Waals surface area (Å²) < 4.78 is 0.803. The number of aromatic nitrogens is 1. The standard InChI is InChI=1S/C9H11BrN2O/c1-2-8(12-6-13)7-3-4-9(10)11-5-7/h3-6,8H,2H2,1H3,(H,12,13)/t8-/m1/s1. The van der Waals surface area contributed by atoms with Gasteiger partial charge in [0, 0.05) is 6.20 Å². The summed E-state index contributed by atoms with van der Waals surface area (Å²) in [4.78, 5) is 14.4. The highest BCUT2D eigenvalue weighted by atomic mass is 79.9. The van der Waals surface area contributed by atoms with Gasteiger partial charge in [-0.3, -0.25) is 4.79 Å². The van der Waals surface area contributed by atoms with Crippen LogP contribution in [0.3, 0.4) is 0 Å². The molecular weight excluding hydrogens is 232 g/mol. The molecular formula is C9H11BrN2O. The third-order valence-corrected chi connectivity index (χ3v) is 2.30. The normalized spacial score (nSPS) is 12.2. The number of rotatable bonds is 4. The molecule has 0 aliphatic heterocycles. The first-order chi connectivity index (χ1) is 6.27.